The van der Waals surface area contributed by atoms with Crippen LogP contribution in [-0.2, 0) is 17.7 Å². The molecule has 4 rings (SSSR count). The molecule has 1 fully saturated rings. The molecule has 2 aromatic rings. The number of ether oxygens (including phenoxy) is 1. The van der Waals surface area contributed by atoms with E-state index in [0.717, 1.165) is 30.7 Å². The smallest absolute Gasteiger partial charge is 0.272 e. The first kappa shape index (κ1) is 18.8. The van der Waals surface area contributed by atoms with Gasteiger partial charge in [-0.15, -0.1) is 11.3 Å². The summed E-state index contributed by atoms with van der Waals surface area (Å²) < 4.78 is 5.52. The number of H-pyrrole nitrogens is 1. The average Bonchev–Trinajstić information content (AvgIpc) is 3.45. The lowest BCUT2D eigenvalue weighted by molar-refractivity contribution is 0.0733. The average molecular weight is 402 g/mol. The topological polar surface area (TPSA) is 104 Å². The molecule has 2 N–H and O–H groups in total. The first-order valence-electron chi connectivity index (χ1n) is 9.37. The maximum atomic E-state index is 12.7. The van der Waals surface area contributed by atoms with Gasteiger partial charge in [0.05, 0.1) is 28.8 Å². The number of nitrogens with zero attached hydrogens (tertiary/aromatic N) is 2. The number of carbonyl (C=O) groups is 3. The first-order chi connectivity index (χ1) is 13.5. The largest absolute Gasteiger partial charge is 0.376 e. The SMILES string of the molecule is CC(=O)c1cc(C(=O)N2CCc3c(C(=O)NCC4CCCO4)n[nH]c3C2)cs1. The van der Waals surface area contributed by atoms with E-state index >= 15 is 0 Å². The van der Waals surface area contributed by atoms with Gasteiger partial charge in [-0.25, -0.2) is 0 Å². The predicted molar refractivity (Wildman–Crippen MR) is 103 cm³/mol. The van der Waals surface area contributed by atoms with Gasteiger partial charge in [-0.3, -0.25) is 19.5 Å². The van der Waals surface area contributed by atoms with E-state index in [0.29, 0.717) is 42.2 Å². The molecule has 0 radical (unpaired) electrons. The number of thiophene rings is 1. The number of amides is 2. The number of Topliss-reactive ketones (excluding diaryl/α,β-unsaturated/α-hetero) is 1. The molecule has 2 aliphatic rings. The van der Waals surface area contributed by atoms with Crippen LogP contribution < -0.4 is 5.32 Å². The third-order valence-corrected chi connectivity index (χ3v) is 6.17. The molecule has 0 spiro atoms. The van der Waals surface area contributed by atoms with E-state index < -0.39 is 0 Å². The Hall–Kier alpha value is -2.52. The molecule has 2 aliphatic heterocycles. The molecule has 0 saturated carbocycles. The van der Waals surface area contributed by atoms with Crippen LogP contribution in [0.15, 0.2) is 11.4 Å². The predicted octanol–water partition coefficient (Wildman–Crippen LogP) is 1.78. The molecule has 0 bridgehead atoms. The highest BCUT2D eigenvalue weighted by Crippen LogP contribution is 2.24. The van der Waals surface area contributed by atoms with Gasteiger partial charge < -0.3 is 15.0 Å². The van der Waals surface area contributed by atoms with Crippen molar-refractivity contribution in [3.05, 3.63) is 38.8 Å². The first-order valence-corrected chi connectivity index (χ1v) is 10.3. The van der Waals surface area contributed by atoms with Crippen LogP contribution in [0.25, 0.3) is 0 Å². The number of aromatic amines is 1. The van der Waals surface area contributed by atoms with Crippen molar-refractivity contribution in [3.8, 4) is 0 Å². The van der Waals surface area contributed by atoms with Crippen LogP contribution >= 0.6 is 11.3 Å². The van der Waals surface area contributed by atoms with Gasteiger partial charge in [0, 0.05) is 30.6 Å². The molecule has 9 heteroatoms. The summed E-state index contributed by atoms with van der Waals surface area (Å²) in [6.45, 7) is 3.60. The van der Waals surface area contributed by atoms with Gasteiger partial charge in [0.1, 0.15) is 0 Å². The number of carbonyl (C=O) groups excluding carboxylic acids is 3. The maximum Gasteiger partial charge on any atom is 0.272 e. The fraction of sp³-hybridized carbons (Fsp3) is 0.474. The highest BCUT2D eigenvalue weighted by molar-refractivity contribution is 7.12. The molecule has 8 nitrogen and oxygen atoms in total. The number of hydrogen-bond acceptors (Lipinski definition) is 6. The minimum Gasteiger partial charge on any atom is -0.376 e. The minimum absolute atomic E-state index is 0.0443. The van der Waals surface area contributed by atoms with Crippen LogP contribution in [0, 0.1) is 0 Å². The number of ketones is 1. The van der Waals surface area contributed by atoms with Crippen molar-refractivity contribution in [2.75, 3.05) is 19.7 Å². The molecule has 1 saturated heterocycles. The highest BCUT2D eigenvalue weighted by atomic mass is 32.1. The Labute approximate surface area is 166 Å². The second kappa shape index (κ2) is 7.84. The van der Waals surface area contributed by atoms with Gasteiger partial charge in [-0.1, -0.05) is 0 Å². The van der Waals surface area contributed by atoms with Gasteiger partial charge >= 0.3 is 0 Å². The monoisotopic (exact) mass is 402 g/mol. The maximum absolute atomic E-state index is 12.7. The Morgan fingerprint density at radius 3 is 3.00 bits per heavy atom. The Morgan fingerprint density at radius 2 is 2.29 bits per heavy atom. The van der Waals surface area contributed by atoms with E-state index in [2.05, 4.69) is 15.5 Å². The highest BCUT2D eigenvalue weighted by Gasteiger charge is 2.29. The normalized spacial score (nSPS) is 18.8. The summed E-state index contributed by atoms with van der Waals surface area (Å²) in [5.74, 6) is -0.373. The van der Waals surface area contributed by atoms with Crippen LogP contribution in [-0.4, -0.2) is 58.5 Å². The van der Waals surface area contributed by atoms with Gasteiger partial charge in [0.15, 0.2) is 11.5 Å². The van der Waals surface area contributed by atoms with E-state index in [4.69, 9.17) is 4.74 Å². The van der Waals surface area contributed by atoms with E-state index in [-0.39, 0.29) is 23.7 Å². The van der Waals surface area contributed by atoms with E-state index in [9.17, 15) is 14.4 Å². The summed E-state index contributed by atoms with van der Waals surface area (Å²) in [7, 11) is 0. The van der Waals surface area contributed by atoms with Crippen molar-refractivity contribution in [1.82, 2.24) is 20.4 Å². The molecule has 1 atom stereocenters. The van der Waals surface area contributed by atoms with Crippen LogP contribution in [0.1, 0.15) is 61.5 Å². The molecule has 28 heavy (non-hydrogen) atoms. The number of fused-ring (bicyclic) bond motifs is 1. The Bertz CT molecular complexity index is 913. The molecule has 0 aliphatic carbocycles. The van der Waals surface area contributed by atoms with Gasteiger partial charge in [0.2, 0.25) is 0 Å². The quantitative estimate of drug-likeness (QED) is 0.742. The zero-order valence-corrected chi connectivity index (χ0v) is 16.4. The van der Waals surface area contributed by atoms with Gasteiger partial charge in [-0.05, 0) is 32.3 Å². The van der Waals surface area contributed by atoms with E-state index in [1.807, 2.05) is 0 Å². The fourth-order valence-corrected chi connectivity index (χ4v) is 4.37. The summed E-state index contributed by atoms with van der Waals surface area (Å²) in [5.41, 5.74) is 2.56. The fourth-order valence-electron chi connectivity index (χ4n) is 3.59. The number of hydrogen-bond donors (Lipinski definition) is 2. The van der Waals surface area contributed by atoms with Crippen LogP contribution in [0.3, 0.4) is 0 Å². The zero-order chi connectivity index (χ0) is 19.7. The van der Waals surface area contributed by atoms with E-state index in [1.54, 1.807) is 16.3 Å². The molecular weight excluding hydrogens is 380 g/mol. The molecule has 2 amide bonds. The van der Waals surface area contributed by atoms with Crippen molar-refractivity contribution in [2.45, 2.75) is 38.8 Å². The lowest BCUT2D eigenvalue weighted by atomic mass is 10.0. The molecular formula is C19H22N4O4S. The number of aromatic nitrogens is 2. The van der Waals surface area contributed by atoms with Crippen LogP contribution in [0.5, 0.6) is 0 Å². The standard InChI is InChI=1S/C19H22N4O4S/c1-11(24)16-7-12(10-28-16)19(26)23-5-4-14-15(9-23)21-22-17(14)18(25)20-8-13-3-2-6-27-13/h7,10,13H,2-6,8-9H2,1H3,(H,20,25)(H,21,22). The Kier molecular flexibility index (Phi) is 5.27. The van der Waals surface area contributed by atoms with Gasteiger partial charge in [-0.2, -0.15) is 5.10 Å². The molecule has 1 unspecified atom stereocenters. The van der Waals surface area contributed by atoms with Crippen molar-refractivity contribution >= 4 is 28.9 Å². The van der Waals surface area contributed by atoms with Crippen molar-refractivity contribution in [1.29, 1.82) is 0 Å². The number of rotatable bonds is 5. The third kappa shape index (κ3) is 3.72. The Morgan fingerprint density at radius 1 is 1.43 bits per heavy atom. The summed E-state index contributed by atoms with van der Waals surface area (Å²) in [4.78, 5) is 38.9. The Balaban J connectivity index is 1.41. The number of nitrogens with one attached hydrogen (secondary N) is 2. The summed E-state index contributed by atoms with van der Waals surface area (Å²) in [5, 5.41) is 11.7. The molecule has 2 aromatic heterocycles. The van der Waals surface area contributed by atoms with E-state index in [1.165, 1.54) is 18.3 Å². The second-order valence-corrected chi connectivity index (χ2v) is 8.02. The second-order valence-electron chi connectivity index (χ2n) is 7.11. The van der Waals surface area contributed by atoms with Crippen LogP contribution in [0.4, 0.5) is 0 Å². The van der Waals surface area contributed by atoms with Crippen molar-refractivity contribution in [2.24, 2.45) is 0 Å². The minimum atomic E-state index is -0.211. The van der Waals surface area contributed by atoms with Crippen molar-refractivity contribution in [3.63, 3.8) is 0 Å². The summed E-state index contributed by atoms with van der Waals surface area (Å²) >= 11 is 1.28. The summed E-state index contributed by atoms with van der Waals surface area (Å²) in [6.07, 6.45) is 2.63. The van der Waals surface area contributed by atoms with Crippen molar-refractivity contribution < 1.29 is 19.1 Å². The lowest BCUT2D eigenvalue weighted by Gasteiger charge is -2.26. The third-order valence-electron chi connectivity index (χ3n) is 5.14. The van der Waals surface area contributed by atoms with Crippen LogP contribution in [0.2, 0.25) is 0 Å². The molecule has 0 aromatic carbocycles. The molecule has 4 heterocycles. The zero-order valence-electron chi connectivity index (χ0n) is 15.6. The molecule has 148 valence electrons. The van der Waals surface area contributed by atoms with Gasteiger partial charge in [0.25, 0.3) is 11.8 Å². The lowest BCUT2D eigenvalue weighted by Crippen LogP contribution is -2.37. The summed E-state index contributed by atoms with van der Waals surface area (Å²) in [6, 6.07) is 1.64.